The molecule has 0 bridgehead atoms. The smallest absolute Gasteiger partial charge is 0.231 e. The number of nitrogens with zero attached hydrogens (tertiary/aromatic N) is 2. The first-order valence-corrected chi connectivity index (χ1v) is 7.79. The molecule has 1 aliphatic carbocycles. The zero-order valence-electron chi connectivity index (χ0n) is 13.1. The highest BCUT2D eigenvalue weighted by molar-refractivity contribution is 5.87. The summed E-state index contributed by atoms with van der Waals surface area (Å²) >= 11 is 0. The molecule has 21 heavy (non-hydrogen) atoms. The third-order valence-electron chi connectivity index (χ3n) is 4.80. The summed E-state index contributed by atoms with van der Waals surface area (Å²) in [5.41, 5.74) is 1.07. The van der Waals surface area contributed by atoms with Gasteiger partial charge in [0.15, 0.2) is 0 Å². The summed E-state index contributed by atoms with van der Waals surface area (Å²) in [6, 6.07) is 4.20. The molecule has 1 unspecified atom stereocenters. The van der Waals surface area contributed by atoms with Gasteiger partial charge in [-0.3, -0.25) is 9.78 Å². The van der Waals surface area contributed by atoms with Crippen LogP contribution < -0.4 is 0 Å². The van der Waals surface area contributed by atoms with E-state index in [1.807, 2.05) is 24.0 Å². The van der Waals surface area contributed by atoms with E-state index >= 15 is 0 Å². The maximum Gasteiger partial charge on any atom is 0.231 e. The summed E-state index contributed by atoms with van der Waals surface area (Å²) in [7, 11) is 0. The van der Waals surface area contributed by atoms with Gasteiger partial charge in [-0.2, -0.15) is 0 Å². The van der Waals surface area contributed by atoms with Crippen molar-refractivity contribution in [2.24, 2.45) is 10.8 Å². The van der Waals surface area contributed by atoms with E-state index < -0.39 is 0 Å². The van der Waals surface area contributed by atoms with Crippen LogP contribution in [0.2, 0.25) is 0 Å². The van der Waals surface area contributed by atoms with Crippen molar-refractivity contribution in [3.8, 4) is 0 Å². The summed E-state index contributed by atoms with van der Waals surface area (Å²) in [6.07, 6.45) is 5.54. The lowest BCUT2D eigenvalue weighted by Crippen LogP contribution is -2.60. The third-order valence-corrected chi connectivity index (χ3v) is 4.80. The second kappa shape index (κ2) is 5.09. The van der Waals surface area contributed by atoms with Gasteiger partial charge in [0, 0.05) is 31.0 Å². The van der Waals surface area contributed by atoms with Crippen molar-refractivity contribution >= 4 is 5.91 Å². The van der Waals surface area contributed by atoms with Gasteiger partial charge in [-0.05, 0) is 37.5 Å². The van der Waals surface area contributed by atoms with E-state index in [4.69, 9.17) is 4.74 Å². The van der Waals surface area contributed by atoms with Crippen molar-refractivity contribution in [3.63, 3.8) is 0 Å². The van der Waals surface area contributed by atoms with E-state index in [1.165, 1.54) is 5.56 Å². The molecule has 4 heteroatoms. The van der Waals surface area contributed by atoms with Crippen LogP contribution in [0.15, 0.2) is 24.5 Å². The molecule has 2 aliphatic rings. The Morgan fingerprint density at radius 3 is 2.57 bits per heavy atom. The van der Waals surface area contributed by atoms with Gasteiger partial charge in [0.2, 0.25) is 5.91 Å². The average Bonchev–Trinajstić information content (AvgIpc) is 3.24. The van der Waals surface area contributed by atoms with E-state index in [2.05, 4.69) is 18.8 Å². The first-order chi connectivity index (χ1) is 10.0. The van der Waals surface area contributed by atoms with Crippen molar-refractivity contribution in [2.45, 2.75) is 39.7 Å². The zero-order chi connectivity index (χ0) is 15.1. The molecule has 2 fully saturated rings. The number of amides is 1. The van der Waals surface area contributed by atoms with E-state index in [9.17, 15) is 4.79 Å². The Hall–Kier alpha value is -1.42. The van der Waals surface area contributed by atoms with Gasteiger partial charge in [-0.25, -0.2) is 0 Å². The Bertz CT molecular complexity index is 523. The molecule has 1 aromatic heterocycles. The van der Waals surface area contributed by atoms with Crippen LogP contribution in [0.5, 0.6) is 0 Å². The van der Waals surface area contributed by atoms with Crippen LogP contribution in [0.25, 0.3) is 0 Å². The summed E-state index contributed by atoms with van der Waals surface area (Å²) in [6.45, 7) is 8.50. The lowest BCUT2D eigenvalue weighted by Gasteiger charge is -2.55. The number of rotatable bonds is 5. The number of carbonyl (C=O) groups is 1. The fraction of sp³-hybridized carbons (Fsp3) is 0.647. The molecule has 1 atom stereocenters. The molecule has 0 N–H and O–H groups in total. The molecule has 0 aromatic carbocycles. The Balaban J connectivity index is 1.78. The Kier molecular flexibility index (Phi) is 3.52. The first kappa shape index (κ1) is 14.5. The molecule has 0 spiro atoms. The normalized spacial score (nSPS) is 25.3. The fourth-order valence-corrected chi connectivity index (χ4v) is 3.47. The second-order valence-corrected chi connectivity index (χ2v) is 7.02. The first-order valence-electron chi connectivity index (χ1n) is 7.79. The number of likely N-dealkylation sites (tertiary alicyclic amines) is 1. The minimum absolute atomic E-state index is 0.124. The number of hydrogen-bond donors (Lipinski definition) is 0. The third kappa shape index (κ3) is 2.46. The number of pyridine rings is 1. The summed E-state index contributed by atoms with van der Waals surface area (Å²) < 4.78 is 5.54. The average molecular weight is 288 g/mol. The summed E-state index contributed by atoms with van der Waals surface area (Å²) in [4.78, 5) is 19.0. The van der Waals surface area contributed by atoms with Crippen molar-refractivity contribution in [3.05, 3.63) is 30.1 Å². The highest BCUT2D eigenvalue weighted by Gasteiger charge is 2.58. The van der Waals surface area contributed by atoms with Crippen LogP contribution in [-0.2, 0) is 9.53 Å². The van der Waals surface area contributed by atoms with Crippen LogP contribution in [0, 0.1) is 10.8 Å². The van der Waals surface area contributed by atoms with E-state index in [1.54, 1.807) is 12.4 Å². The van der Waals surface area contributed by atoms with Crippen LogP contribution in [0.4, 0.5) is 0 Å². The zero-order valence-corrected chi connectivity index (χ0v) is 13.1. The highest BCUT2D eigenvalue weighted by Crippen LogP contribution is 2.55. The molecule has 1 saturated carbocycles. The van der Waals surface area contributed by atoms with Crippen LogP contribution in [0.1, 0.15) is 45.2 Å². The molecule has 4 nitrogen and oxygen atoms in total. The van der Waals surface area contributed by atoms with E-state index in [-0.39, 0.29) is 22.8 Å². The van der Waals surface area contributed by atoms with Gasteiger partial charge >= 0.3 is 0 Å². The number of hydrogen-bond acceptors (Lipinski definition) is 3. The van der Waals surface area contributed by atoms with E-state index in [0.717, 1.165) is 19.4 Å². The molecule has 1 aliphatic heterocycles. The Morgan fingerprint density at radius 1 is 1.38 bits per heavy atom. The molecule has 1 amide bonds. The number of ether oxygens (including phenoxy) is 1. The molecule has 2 heterocycles. The lowest BCUT2D eigenvalue weighted by atomic mass is 9.71. The summed E-state index contributed by atoms with van der Waals surface area (Å²) in [5.74, 6) is 0.275. The SMILES string of the molecule is CCOCC1(C(=O)N2CC(C)(C)C2c2ccncc2)CC1. The quantitative estimate of drug-likeness (QED) is 0.836. The number of carbonyl (C=O) groups excluding carboxylic acids is 1. The van der Waals surface area contributed by atoms with Gasteiger partial charge < -0.3 is 9.64 Å². The van der Waals surface area contributed by atoms with Gasteiger partial charge in [-0.1, -0.05) is 13.8 Å². The van der Waals surface area contributed by atoms with Crippen molar-refractivity contribution < 1.29 is 9.53 Å². The molecule has 114 valence electrons. The Labute approximate surface area is 126 Å². The van der Waals surface area contributed by atoms with Crippen LogP contribution in [-0.4, -0.2) is 35.5 Å². The molecular weight excluding hydrogens is 264 g/mol. The molecule has 1 aromatic rings. The van der Waals surface area contributed by atoms with Crippen molar-refractivity contribution in [1.82, 2.24) is 9.88 Å². The molecule has 0 radical (unpaired) electrons. The number of aromatic nitrogens is 1. The van der Waals surface area contributed by atoms with Crippen molar-refractivity contribution in [1.29, 1.82) is 0 Å². The molecule has 1 saturated heterocycles. The fourth-order valence-electron chi connectivity index (χ4n) is 3.47. The van der Waals surface area contributed by atoms with Gasteiger partial charge in [0.25, 0.3) is 0 Å². The largest absolute Gasteiger partial charge is 0.381 e. The van der Waals surface area contributed by atoms with Crippen molar-refractivity contribution in [2.75, 3.05) is 19.8 Å². The highest BCUT2D eigenvalue weighted by atomic mass is 16.5. The maximum absolute atomic E-state index is 12.9. The molecule has 3 rings (SSSR count). The maximum atomic E-state index is 12.9. The molecular formula is C17H24N2O2. The predicted octanol–water partition coefficient (Wildman–Crippen LogP) is 2.81. The lowest BCUT2D eigenvalue weighted by molar-refractivity contribution is -0.160. The van der Waals surface area contributed by atoms with Gasteiger partial charge in [-0.15, -0.1) is 0 Å². The minimum Gasteiger partial charge on any atom is -0.381 e. The minimum atomic E-state index is -0.238. The monoisotopic (exact) mass is 288 g/mol. The topological polar surface area (TPSA) is 42.4 Å². The van der Waals surface area contributed by atoms with Crippen LogP contribution >= 0.6 is 0 Å². The Morgan fingerprint density at radius 2 is 2.05 bits per heavy atom. The van der Waals surface area contributed by atoms with Gasteiger partial charge in [0.05, 0.1) is 18.1 Å². The van der Waals surface area contributed by atoms with Gasteiger partial charge in [0.1, 0.15) is 0 Å². The summed E-state index contributed by atoms with van der Waals surface area (Å²) in [5, 5.41) is 0. The standard InChI is InChI=1S/C17H24N2O2/c1-4-21-12-17(7-8-17)15(20)19-11-16(2,3)14(19)13-5-9-18-10-6-13/h5-6,9-10,14H,4,7-8,11-12H2,1-3H3. The predicted molar refractivity (Wildman–Crippen MR) is 80.6 cm³/mol. The van der Waals surface area contributed by atoms with Crippen LogP contribution in [0.3, 0.4) is 0 Å². The second-order valence-electron chi connectivity index (χ2n) is 7.02. The van der Waals surface area contributed by atoms with E-state index in [0.29, 0.717) is 13.2 Å².